The summed E-state index contributed by atoms with van der Waals surface area (Å²) < 4.78 is 5.59. The number of nitrogens with one attached hydrogen (secondary N) is 1. The van der Waals surface area contributed by atoms with Crippen molar-refractivity contribution in [2.45, 2.75) is 71.4 Å². The predicted octanol–water partition coefficient (Wildman–Crippen LogP) is 3.61. The van der Waals surface area contributed by atoms with E-state index in [1.54, 1.807) is 0 Å². The van der Waals surface area contributed by atoms with E-state index in [1.807, 2.05) is 7.11 Å². The molecule has 1 fully saturated rings. The molecular formula is C15H31NO. The highest BCUT2D eigenvalue weighted by atomic mass is 16.5. The topological polar surface area (TPSA) is 21.3 Å². The molecule has 0 saturated heterocycles. The minimum Gasteiger partial charge on any atom is -0.380 e. The number of hydrogen-bond donors (Lipinski definition) is 1. The lowest BCUT2D eigenvalue weighted by atomic mass is 9.73. The Morgan fingerprint density at radius 3 is 2.53 bits per heavy atom. The first-order chi connectivity index (χ1) is 8.24. The van der Waals surface area contributed by atoms with Crippen molar-refractivity contribution in [1.82, 2.24) is 5.32 Å². The van der Waals surface area contributed by atoms with Crippen LogP contribution in [0.2, 0.25) is 0 Å². The SMILES string of the molecule is CCCNC(C(C)OC)C1CCCCC1CC. The van der Waals surface area contributed by atoms with Gasteiger partial charge in [-0.3, -0.25) is 0 Å². The summed E-state index contributed by atoms with van der Waals surface area (Å²) in [5, 5.41) is 3.73. The van der Waals surface area contributed by atoms with Crippen molar-refractivity contribution >= 4 is 0 Å². The van der Waals surface area contributed by atoms with Crippen LogP contribution < -0.4 is 5.32 Å². The largest absolute Gasteiger partial charge is 0.380 e. The van der Waals surface area contributed by atoms with Gasteiger partial charge >= 0.3 is 0 Å². The molecule has 0 amide bonds. The van der Waals surface area contributed by atoms with E-state index < -0.39 is 0 Å². The van der Waals surface area contributed by atoms with Crippen LogP contribution in [0.3, 0.4) is 0 Å². The lowest BCUT2D eigenvalue weighted by Crippen LogP contribution is -2.48. The fourth-order valence-electron chi connectivity index (χ4n) is 3.34. The van der Waals surface area contributed by atoms with Gasteiger partial charge in [-0.25, -0.2) is 0 Å². The Balaban J connectivity index is 2.64. The fourth-order valence-corrected chi connectivity index (χ4v) is 3.34. The van der Waals surface area contributed by atoms with E-state index in [9.17, 15) is 0 Å². The Hall–Kier alpha value is -0.0800. The number of hydrogen-bond acceptors (Lipinski definition) is 2. The zero-order valence-corrected chi connectivity index (χ0v) is 12.2. The summed E-state index contributed by atoms with van der Waals surface area (Å²) in [6.45, 7) is 7.91. The van der Waals surface area contributed by atoms with Crippen molar-refractivity contribution in [1.29, 1.82) is 0 Å². The first kappa shape index (κ1) is 15.0. The maximum Gasteiger partial charge on any atom is 0.0698 e. The molecule has 0 aromatic heterocycles. The van der Waals surface area contributed by atoms with Crippen molar-refractivity contribution in [2.75, 3.05) is 13.7 Å². The lowest BCUT2D eigenvalue weighted by molar-refractivity contribution is 0.0343. The van der Waals surface area contributed by atoms with Gasteiger partial charge in [0.25, 0.3) is 0 Å². The normalized spacial score (nSPS) is 28.9. The molecule has 1 saturated carbocycles. The molecular weight excluding hydrogens is 210 g/mol. The Kier molecular flexibility index (Phi) is 7.14. The van der Waals surface area contributed by atoms with Gasteiger partial charge in [-0.2, -0.15) is 0 Å². The van der Waals surface area contributed by atoms with E-state index in [-0.39, 0.29) is 0 Å². The minimum atomic E-state index is 0.332. The Morgan fingerprint density at radius 1 is 1.24 bits per heavy atom. The third-order valence-electron chi connectivity index (χ3n) is 4.46. The Bertz CT molecular complexity index is 195. The summed E-state index contributed by atoms with van der Waals surface area (Å²) in [4.78, 5) is 0. The third-order valence-corrected chi connectivity index (χ3v) is 4.46. The second-order valence-corrected chi connectivity index (χ2v) is 5.54. The predicted molar refractivity (Wildman–Crippen MR) is 74.3 cm³/mol. The maximum atomic E-state index is 5.59. The monoisotopic (exact) mass is 241 g/mol. The summed E-state index contributed by atoms with van der Waals surface area (Å²) in [6.07, 6.45) is 8.49. The molecule has 1 aliphatic rings. The molecule has 2 nitrogen and oxygen atoms in total. The van der Waals surface area contributed by atoms with Gasteiger partial charge in [0, 0.05) is 13.2 Å². The maximum absolute atomic E-state index is 5.59. The standard InChI is InChI=1S/C15H31NO/c1-5-11-16-15(12(3)17-4)14-10-8-7-9-13(14)6-2/h12-16H,5-11H2,1-4H3. The number of ether oxygens (including phenoxy) is 1. The molecule has 1 aliphatic carbocycles. The van der Waals surface area contributed by atoms with Crippen LogP contribution in [-0.4, -0.2) is 25.8 Å². The van der Waals surface area contributed by atoms with Gasteiger partial charge in [0.1, 0.15) is 0 Å². The Morgan fingerprint density at radius 2 is 1.94 bits per heavy atom. The minimum absolute atomic E-state index is 0.332. The zero-order chi connectivity index (χ0) is 12.7. The molecule has 0 heterocycles. The molecule has 4 atom stereocenters. The van der Waals surface area contributed by atoms with Gasteiger partial charge < -0.3 is 10.1 Å². The molecule has 102 valence electrons. The highest BCUT2D eigenvalue weighted by Gasteiger charge is 2.33. The van der Waals surface area contributed by atoms with E-state index in [0.29, 0.717) is 12.1 Å². The van der Waals surface area contributed by atoms with Crippen LogP contribution in [0.1, 0.15) is 59.3 Å². The van der Waals surface area contributed by atoms with Gasteiger partial charge in [0.2, 0.25) is 0 Å². The molecule has 0 bridgehead atoms. The molecule has 0 aliphatic heterocycles. The molecule has 0 aromatic rings. The molecule has 0 radical (unpaired) electrons. The van der Waals surface area contributed by atoms with Crippen LogP contribution in [0.4, 0.5) is 0 Å². The smallest absolute Gasteiger partial charge is 0.0698 e. The van der Waals surface area contributed by atoms with Crippen molar-refractivity contribution < 1.29 is 4.74 Å². The van der Waals surface area contributed by atoms with E-state index in [2.05, 4.69) is 26.1 Å². The van der Waals surface area contributed by atoms with Gasteiger partial charge in [0.15, 0.2) is 0 Å². The van der Waals surface area contributed by atoms with Crippen LogP contribution in [-0.2, 0) is 4.74 Å². The summed E-state index contributed by atoms with van der Waals surface area (Å²) in [7, 11) is 1.84. The van der Waals surface area contributed by atoms with E-state index in [1.165, 1.54) is 38.5 Å². The van der Waals surface area contributed by atoms with Crippen LogP contribution >= 0.6 is 0 Å². The van der Waals surface area contributed by atoms with Crippen molar-refractivity contribution in [3.63, 3.8) is 0 Å². The van der Waals surface area contributed by atoms with E-state index in [0.717, 1.165) is 18.4 Å². The second kappa shape index (κ2) is 8.10. The van der Waals surface area contributed by atoms with Crippen molar-refractivity contribution in [3.8, 4) is 0 Å². The zero-order valence-electron chi connectivity index (χ0n) is 12.2. The molecule has 0 aromatic carbocycles. The van der Waals surface area contributed by atoms with Crippen LogP contribution in [0, 0.1) is 11.8 Å². The molecule has 17 heavy (non-hydrogen) atoms. The quantitative estimate of drug-likeness (QED) is 0.735. The average Bonchev–Trinajstić information content (AvgIpc) is 2.39. The Labute approximate surface area is 108 Å². The summed E-state index contributed by atoms with van der Waals surface area (Å²) in [6, 6.07) is 0.546. The fraction of sp³-hybridized carbons (Fsp3) is 1.00. The van der Waals surface area contributed by atoms with E-state index in [4.69, 9.17) is 4.74 Å². The molecule has 2 heteroatoms. The van der Waals surface area contributed by atoms with Crippen LogP contribution in [0.25, 0.3) is 0 Å². The second-order valence-electron chi connectivity index (χ2n) is 5.54. The first-order valence-corrected chi connectivity index (χ1v) is 7.50. The van der Waals surface area contributed by atoms with Crippen molar-refractivity contribution in [2.24, 2.45) is 11.8 Å². The van der Waals surface area contributed by atoms with E-state index >= 15 is 0 Å². The molecule has 4 unspecified atom stereocenters. The summed E-state index contributed by atoms with van der Waals surface area (Å²) in [5.41, 5.74) is 0. The van der Waals surface area contributed by atoms with Gasteiger partial charge in [0.05, 0.1) is 6.10 Å². The van der Waals surface area contributed by atoms with Crippen molar-refractivity contribution in [3.05, 3.63) is 0 Å². The summed E-state index contributed by atoms with van der Waals surface area (Å²) >= 11 is 0. The molecule has 1 N–H and O–H groups in total. The highest BCUT2D eigenvalue weighted by molar-refractivity contribution is 4.88. The van der Waals surface area contributed by atoms with Crippen LogP contribution in [0.5, 0.6) is 0 Å². The third kappa shape index (κ3) is 4.26. The molecule has 0 spiro atoms. The lowest BCUT2D eigenvalue weighted by Gasteiger charge is -2.39. The van der Waals surface area contributed by atoms with Gasteiger partial charge in [-0.15, -0.1) is 0 Å². The van der Waals surface area contributed by atoms with Gasteiger partial charge in [-0.1, -0.05) is 39.5 Å². The first-order valence-electron chi connectivity index (χ1n) is 7.50. The summed E-state index contributed by atoms with van der Waals surface area (Å²) in [5.74, 6) is 1.71. The number of rotatable bonds is 7. The highest BCUT2D eigenvalue weighted by Crippen LogP contribution is 2.35. The average molecular weight is 241 g/mol. The number of methoxy groups -OCH3 is 1. The van der Waals surface area contributed by atoms with Crippen LogP contribution in [0.15, 0.2) is 0 Å². The molecule has 1 rings (SSSR count). The van der Waals surface area contributed by atoms with Gasteiger partial charge in [-0.05, 0) is 38.1 Å².